The maximum absolute atomic E-state index is 13.8. The van der Waals surface area contributed by atoms with E-state index >= 15 is 0 Å². The van der Waals surface area contributed by atoms with Gasteiger partial charge in [0, 0.05) is 27.9 Å². The van der Waals surface area contributed by atoms with E-state index in [1.807, 2.05) is 72.8 Å². The van der Waals surface area contributed by atoms with Gasteiger partial charge in [-0.05, 0) is 47.5 Å². The molecule has 0 radical (unpaired) electrons. The van der Waals surface area contributed by atoms with E-state index in [0.717, 1.165) is 11.1 Å². The number of aromatic nitrogens is 2. The fourth-order valence-corrected chi connectivity index (χ4v) is 6.82. The number of rotatable bonds is 9. The number of nitrogens with zero attached hydrogens (tertiary/aromatic N) is 4. The lowest BCUT2D eigenvalue weighted by molar-refractivity contribution is 0.0699. The molecule has 2 heterocycles. The number of nitriles is 2. The van der Waals surface area contributed by atoms with E-state index in [0.29, 0.717) is 45.0 Å². The third-order valence-electron chi connectivity index (χ3n) is 9.84. The first-order valence-corrected chi connectivity index (χ1v) is 19.5. The Balaban J connectivity index is 0.000000177. The molecule has 8 N–H and O–H groups in total. The molecule has 0 aliphatic carbocycles. The number of carbonyl (C=O) groups excluding carboxylic acids is 1. The van der Waals surface area contributed by atoms with E-state index in [9.17, 15) is 28.7 Å². The molecule has 2 aromatic heterocycles. The molecule has 11 nitrogen and oxygen atoms in total. The lowest BCUT2D eigenvalue weighted by Gasteiger charge is -2.19. The van der Waals surface area contributed by atoms with Crippen LogP contribution in [0.3, 0.4) is 0 Å². The summed E-state index contributed by atoms with van der Waals surface area (Å²) in [6.45, 7) is 0. The fourth-order valence-electron chi connectivity index (χ4n) is 6.82. The molecule has 0 fully saturated rings. The summed E-state index contributed by atoms with van der Waals surface area (Å²) in [6.07, 6.45) is 0.486. The van der Waals surface area contributed by atoms with E-state index in [1.54, 1.807) is 60.7 Å². The summed E-state index contributed by atoms with van der Waals surface area (Å²) in [5.41, 5.74) is 22.9. The van der Waals surface area contributed by atoms with Crippen LogP contribution in [-0.2, 0) is 0 Å². The van der Waals surface area contributed by atoms with Gasteiger partial charge in [0.25, 0.3) is 5.91 Å². The van der Waals surface area contributed by atoms with Crippen molar-refractivity contribution in [3.63, 3.8) is 0 Å². The zero-order valence-corrected chi connectivity index (χ0v) is 33.6. The Labute approximate surface area is 361 Å². The summed E-state index contributed by atoms with van der Waals surface area (Å²) in [5.74, 6) is -2.41. The second kappa shape index (κ2) is 20.6. The molecule has 8 rings (SSSR count). The van der Waals surface area contributed by atoms with Crippen molar-refractivity contribution in [3.8, 4) is 34.7 Å². The van der Waals surface area contributed by atoms with Gasteiger partial charge in [-0.2, -0.15) is 10.5 Å². The minimum absolute atomic E-state index is 0.0140. The molecule has 1 amide bonds. The number of nitrogens with two attached hydrogens (primary N) is 3. The Morgan fingerprint density at radius 2 is 1.05 bits per heavy atom. The quantitative estimate of drug-likeness (QED) is 0.0926. The number of para-hydroxylation sites is 2. The summed E-state index contributed by atoms with van der Waals surface area (Å²) in [5, 5.41) is 31.0. The van der Waals surface area contributed by atoms with Crippen LogP contribution in [0.4, 0.5) is 20.2 Å². The van der Waals surface area contributed by atoms with Gasteiger partial charge in [0.05, 0.1) is 75.9 Å². The Hall–Kier alpha value is -8.52. The van der Waals surface area contributed by atoms with Crippen molar-refractivity contribution in [2.45, 2.75) is 24.9 Å². The maximum Gasteiger partial charge on any atom is 0.338 e. The number of aromatic carboxylic acids is 1. The van der Waals surface area contributed by atoms with Crippen LogP contribution in [0.25, 0.3) is 44.3 Å². The highest BCUT2D eigenvalue weighted by molar-refractivity contribution is 6.13. The molecule has 0 aliphatic heterocycles. The highest BCUT2D eigenvalue weighted by atomic mass is 19.1. The van der Waals surface area contributed by atoms with Crippen LogP contribution in [-0.4, -0.2) is 27.0 Å². The number of nitrogens with one attached hydrogen (secondary N) is 1. The number of hydrogen-bond donors (Lipinski definition) is 5. The molecule has 0 unspecified atom stereocenters. The molecule has 0 aliphatic rings. The predicted molar refractivity (Wildman–Crippen MR) is 241 cm³/mol. The number of amides is 1. The van der Waals surface area contributed by atoms with Gasteiger partial charge in [0.15, 0.2) is 0 Å². The third-order valence-corrected chi connectivity index (χ3v) is 9.84. The number of pyridine rings is 2. The monoisotopic (exact) mass is 838 g/mol. The highest BCUT2D eigenvalue weighted by Gasteiger charge is 2.23. The Morgan fingerprint density at radius 1 is 0.603 bits per heavy atom. The third kappa shape index (κ3) is 10.6. The maximum atomic E-state index is 13.8. The molecule has 63 heavy (non-hydrogen) atoms. The molecule has 13 heteroatoms. The van der Waals surface area contributed by atoms with Crippen molar-refractivity contribution >= 4 is 45.1 Å². The van der Waals surface area contributed by atoms with E-state index in [2.05, 4.69) is 21.4 Å². The summed E-state index contributed by atoms with van der Waals surface area (Å²) in [4.78, 5) is 33.8. The molecule has 2 atom stereocenters. The number of hydrogen-bond acceptors (Lipinski definition) is 9. The minimum Gasteiger partial charge on any atom is -0.478 e. The molecule has 8 aromatic rings. The van der Waals surface area contributed by atoms with Gasteiger partial charge >= 0.3 is 5.97 Å². The van der Waals surface area contributed by atoms with Crippen molar-refractivity contribution in [2.24, 2.45) is 5.73 Å². The first kappa shape index (κ1) is 44.0. The summed E-state index contributed by atoms with van der Waals surface area (Å²) >= 11 is 0. The zero-order valence-electron chi connectivity index (χ0n) is 33.6. The van der Waals surface area contributed by atoms with Gasteiger partial charge in [-0.3, -0.25) is 4.79 Å². The lowest BCUT2D eigenvalue weighted by Crippen LogP contribution is -2.29. The summed E-state index contributed by atoms with van der Waals surface area (Å²) < 4.78 is 27.2. The van der Waals surface area contributed by atoms with Crippen molar-refractivity contribution in [1.29, 1.82) is 10.5 Å². The molecule has 0 bridgehead atoms. The van der Waals surface area contributed by atoms with Crippen molar-refractivity contribution in [3.05, 3.63) is 192 Å². The molecular weight excluding hydrogens is 799 g/mol. The van der Waals surface area contributed by atoms with Gasteiger partial charge in [-0.25, -0.2) is 23.5 Å². The number of benzene rings is 6. The van der Waals surface area contributed by atoms with E-state index < -0.39 is 29.6 Å². The van der Waals surface area contributed by atoms with E-state index in [4.69, 9.17) is 22.5 Å². The molecule has 6 aromatic carbocycles. The standard InChI is InChI=1S/C25H19FN4O.C16H11FN2O2.C9H10N2/c26-18-10-6-9-17(15-18)24-23(28)22(19-11-4-5-12-21(19)29-24)25(31)30-20(13-14-27)16-7-2-1-3-8-16;17-10-5-3-4-9(8-10)15-14(18)13(16(20)21)11-6-1-2-7-12(11)19-15;10-7-6-9(11)8-4-2-1-3-5-8/h1-12,15,20H,13,28H2,(H,30,31);1-8H,18H2,(H,20,21);1-5,9H,6,11H2/t20-;;9-/m0.0/s1. The van der Waals surface area contributed by atoms with E-state index in [-0.39, 0.29) is 40.7 Å². The number of carboxylic acids is 1. The second-order valence-corrected chi connectivity index (χ2v) is 14.0. The van der Waals surface area contributed by atoms with Crippen molar-refractivity contribution in [1.82, 2.24) is 15.3 Å². The van der Waals surface area contributed by atoms with Crippen LogP contribution in [0.15, 0.2) is 158 Å². The zero-order chi connectivity index (χ0) is 44.9. The van der Waals surface area contributed by atoms with Gasteiger partial charge in [0.1, 0.15) is 11.6 Å². The Morgan fingerprint density at radius 3 is 1.52 bits per heavy atom. The van der Waals surface area contributed by atoms with Crippen LogP contribution in [0.2, 0.25) is 0 Å². The molecule has 0 saturated carbocycles. The fraction of sp³-hybridized carbons (Fsp3) is 0.0800. The molecule has 0 saturated heterocycles. The number of halogens is 2. The SMILES string of the molecule is N#CC[C@H](N)c1ccccc1.N#CC[C@H](NC(=O)c1c(N)c(-c2cccc(F)c2)nc2ccccc12)c1ccccc1.Nc1c(-c2cccc(F)c2)nc2ccccc2c1C(=O)O. The largest absolute Gasteiger partial charge is 0.478 e. The number of carbonyl (C=O) groups is 2. The van der Waals surface area contributed by atoms with Crippen LogP contribution in [0.5, 0.6) is 0 Å². The lowest BCUT2D eigenvalue weighted by atomic mass is 9.99. The molecule has 0 spiro atoms. The number of carboxylic acid groups (broad SMARTS) is 1. The average molecular weight is 839 g/mol. The smallest absolute Gasteiger partial charge is 0.338 e. The first-order valence-electron chi connectivity index (χ1n) is 19.5. The van der Waals surface area contributed by atoms with Gasteiger partial charge in [-0.1, -0.05) is 121 Å². The highest BCUT2D eigenvalue weighted by Crippen LogP contribution is 2.34. The number of anilines is 2. The van der Waals surface area contributed by atoms with Gasteiger partial charge < -0.3 is 27.6 Å². The van der Waals surface area contributed by atoms with Crippen LogP contribution in [0.1, 0.15) is 56.8 Å². The normalized spacial score (nSPS) is 11.4. The van der Waals surface area contributed by atoms with Crippen molar-refractivity contribution in [2.75, 3.05) is 11.5 Å². The summed E-state index contributed by atoms with van der Waals surface area (Å²) in [7, 11) is 0. The summed E-state index contributed by atoms with van der Waals surface area (Å²) in [6, 6.07) is 48.1. The van der Waals surface area contributed by atoms with Gasteiger partial charge in [-0.15, -0.1) is 0 Å². The van der Waals surface area contributed by atoms with Crippen LogP contribution < -0.4 is 22.5 Å². The van der Waals surface area contributed by atoms with Crippen LogP contribution >= 0.6 is 0 Å². The predicted octanol–water partition coefficient (Wildman–Crippen LogP) is 9.93. The number of nitrogen functional groups attached to an aromatic ring is 2. The molecular formula is C50H40F2N8O3. The van der Waals surface area contributed by atoms with Gasteiger partial charge in [0.2, 0.25) is 0 Å². The Kier molecular flexibility index (Phi) is 14.4. The Bertz CT molecular complexity index is 2990. The van der Waals surface area contributed by atoms with Crippen molar-refractivity contribution < 1.29 is 23.5 Å². The average Bonchev–Trinajstić information content (AvgIpc) is 3.29. The van der Waals surface area contributed by atoms with E-state index in [1.165, 1.54) is 30.3 Å². The minimum atomic E-state index is -1.14. The van der Waals surface area contributed by atoms with Crippen LogP contribution in [0, 0.1) is 34.3 Å². The second-order valence-electron chi connectivity index (χ2n) is 14.0. The topological polar surface area (TPSA) is 218 Å². The molecule has 312 valence electrons. The first-order chi connectivity index (χ1) is 30.5. The number of fused-ring (bicyclic) bond motifs is 2.